The minimum Gasteiger partial charge on any atom is -0.368 e. The highest BCUT2D eigenvalue weighted by Crippen LogP contribution is 1.99. The Morgan fingerprint density at radius 3 is 2.33 bits per heavy atom. The van der Waals surface area contributed by atoms with Gasteiger partial charge in [0.15, 0.2) is 0 Å². The van der Waals surface area contributed by atoms with Gasteiger partial charge in [0.2, 0.25) is 5.91 Å². The van der Waals surface area contributed by atoms with E-state index in [0.717, 1.165) is 13.1 Å². The molecule has 0 aliphatic heterocycles. The summed E-state index contributed by atoms with van der Waals surface area (Å²) >= 11 is 0. The molecule has 0 aromatic heterocycles. The van der Waals surface area contributed by atoms with Gasteiger partial charge >= 0.3 is 0 Å². The number of hydrogen-bond acceptors (Lipinski definition) is 3. The summed E-state index contributed by atoms with van der Waals surface area (Å²) in [4.78, 5) is 10.9. The quantitative estimate of drug-likeness (QED) is 0.466. The van der Waals surface area contributed by atoms with Crippen LogP contribution in [0.4, 0.5) is 0 Å². The molecular weight excluding hydrogens is 154 g/mol. The third-order valence-corrected chi connectivity index (χ3v) is 1.71. The van der Waals surface area contributed by atoms with Crippen molar-refractivity contribution in [3.05, 3.63) is 0 Å². The number of likely N-dealkylation sites (N-methyl/N-ethyl adjacent to an activating group) is 1. The highest BCUT2D eigenvalue weighted by atomic mass is 16.1. The van der Waals surface area contributed by atoms with E-state index in [1.807, 2.05) is 20.9 Å². The van der Waals surface area contributed by atoms with Gasteiger partial charge in [-0.15, -0.1) is 0 Å². The molecule has 1 atom stereocenters. The molecule has 12 heavy (non-hydrogen) atoms. The molecule has 0 aliphatic carbocycles. The zero-order chi connectivity index (χ0) is 9.56. The zero-order valence-corrected chi connectivity index (χ0v) is 8.05. The molecule has 72 valence electrons. The van der Waals surface area contributed by atoms with Gasteiger partial charge in [-0.3, -0.25) is 4.79 Å². The third kappa shape index (κ3) is 4.31. The monoisotopic (exact) mass is 173 g/mol. The second kappa shape index (κ2) is 5.97. The first kappa shape index (κ1) is 11.4. The van der Waals surface area contributed by atoms with Crippen LogP contribution in [0.5, 0.6) is 0 Å². The number of nitrogens with two attached hydrogens (primary N) is 1. The van der Waals surface area contributed by atoms with Gasteiger partial charge in [0.1, 0.15) is 0 Å². The van der Waals surface area contributed by atoms with Gasteiger partial charge in [-0.25, -0.2) is 0 Å². The summed E-state index contributed by atoms with van der Waals surface area (Å²) in [7, 11) is 1.87. The molecule has 0 saturated carbocycles. The summed E-state index contributed by atoms with van der Waals surface area (Å²) in [5.41, 5.74) is 5.20. The maximum absolute atomic E-state index is 10.9. The number of amides is 1. The molecule has 0 fully saturated rings. The highest BCUT2D eigenvalue weighted by molar-refractivity contribution is 5.80. The van der Waals surface area contributed by atoms with Crippen LogP contribution in [0.15, 0.2) is 0 Å². The van der Waals surface area contributed by atoms with Crippen LogP contribution < -0.4 is 16.4 Å². The average molecular weight is 173 g/mol. The molecule has 4 N–H and O–H groups in total. The first-order valence-corrected chi connectivity index (χ1v) is 4.27. The van der Waals surface area contributed by atoms with E-state index in [1.54, 1.807) is 0 Å². The molecule has 0 aliphatic rings. The van der Waals surface area contributed by atoms with Crippen LogP contribution >= 0.6 is 0 Å². The van der Waals surface area contributed by atoms with Crippen molar-refractivity contribution in [1.82, 2.24) is 10.6 Å². The lowest BCUT2D eigenvalue weighted by molar-refractivity contribution is -0.120. The van der Waals surface area contributed by atoms with E-state index in [-0.39, 0.29) is 17.9 Å². The first-order valence-electron chi connectivity index (χ1n) is 4.27. The second-order valence-electron chi connectivity index (χ2n) is 3.18. The van der Waals surface area contributed by atoms with E-state index >= 15 is 0 Å². The standard InChI is InChI=1S/C8H19N3O/c1-6(2)7(8(9)12)11-5-4-10-3/h6-7,10-11H,4-5H2,1-3H3,(H2,9,12). The maximum atomic E-state index is 10.9. The molecule has 0 radical (unpaired) electrons. The smallest absolute Gasteiger partial charge is 0.234 e. The predicted octanol–water partition coefficient (Wildman–Crippen LogP) is -0.695. The van der Waals surface area contributed by atoms with Crippen LogP contribution in [0.2, 0.25) is 0 Å². The van der Waals surface area contributed by atoms with Gasteiger partial charge in [-0.05, 0) is 13.0 Å². The van der Waals surface area contributed by atoms with E-state index in [1.165, 1.54) is 0 Å². The molecule has 0 aromatic carbocycles. The number of hydrogen-bond donors (Lipinski definition) is 3. The van der Waals surface area contributed by atoms with E-state index in [2.05, 4.69) is 10.6 Å². The lowest BCUT2D eigenvalue weighted by atomic mass is 10.0. The molecule has 0 bridgehead atoms. The lowest BCUT2D eigenvalue weighted by Gasteiger charge is -2.18. The summed E-state index contributed by atoms with van der Waals surface area (Å²) in [5, 5.41) is 6.07. The summed E-state index contributed by atoms with van der Waals surface area (Å²) in [6, 6.07) is -0.210. The molecule has 0 rings (SSSR count). The molecule has 1 unspecified atom stereocenters. The summed E-state index contributed by atoms with van der Waals surface area (Å²) in [6.07, 6.45) is 0. The summed E-state index contributed by atoms with van der Waals surface area (Å²) < 4.78 is 0. The van der Waals surface area contributed by atoms with E-state index in [9.17, 15) is 4.79 Å². The van der Waals surface area contributed by atoms with Crippen LogP contribution in [-0.4, -0.2) is 32.1 Å². The summed E-state index contributed by atoms with van der Waals surface area (Å²) in [6.45, 7) is 5.56. The highest BCUT2D eigenvalue weighted by Gasteiger charge is 2.17. The molecule has 4 nitrogen and oxygen atoms in total. The van der Waals surface area contributed by atoms with E-state index in [4.69, 9.17) is 5.73 Å². The fourth-order valence-corrected chi connectivity index (χ4v) is 1.02. The minimum absolute atomic E-state index is 0.210. The number of carbonyl (C=O) groups excluding carboxylic acids is 1. The van der Waals surface area contributed by atoms with Gasteiger partial charge in [0, 0.05) is 13.1 Å². The summed E-state index contributed by atoms with van der Waals surface area (Å²) in [5.74, 6) is -0.0274. The normalized spacial score (nSPS) is 13.3. The fraction of sp³-hybridized carbons (Fsp3) is 0.875. The van der Waals surface area contributed by atoms with Crippen molar-refractivity contribution in [2.45, 2.75) is 19.9 Å². The van der Waals surface area contributed by atoms with Gasteiger partial charge in [0.05, 0.1) is 6.04 Å². The van der Waals surface area contributed by atoms with Crippen molar-refractivity contribution in [2.75, 3.05) is 20.1 Å². The Balaban J connectivity index is 3.72. The number of carbonyl (C=O) groups is 1. The largest absolute Gasteiger partial charge is 0.368 e. The van der Waals surface area contributed by atoms with Crippen molar-refractivity contribution in [1.29, 1.82) is 0 Å². The Labute approximate surface area is 73.9 Å². The SMILES string of the molecule is CNCCNC(C(N)=O)C(C)C. The van der Waals surface area contributed by atoms with Crippen molar-refractivity contribution < 1.29 is 4.79 Å². The average Bonchev–Trinajstić information content (AvgIpc) is 1.96. The lowest BCUT2D eigenvalue weighted by Crippen LogP contribution is -2.46. The van der Waals surface area contributed by atoms with Crippen molar-refractivity contribution in [3.8, 4) is 0 Å². The molecule has 0 saturated heterocycles. The Hall–Kier alpha value is -0.610. The predicted molar refractivity (Wildman–Crippen MR) is 49.7 cm³/mol. The topological polar surface area (TPSA) is 67.2 Å². The number of primary amides is 1. The molecule has 0 spiro atoms. The van der Waals surface area contributed by atoms with Crippen molar-refractivity contribution in [2.24, 2.45) is 11.7 Å². The van der Waals surface area contributed by atoms with Crippen LogP contribution in [0.3, 0.4) is 0 Å². The Morgan fingerprint density at radius 1 is 1.42 bits per heavy atom. The molecule has 0 aromatic rings. The third-order valence-electron chi connectivity index (χ3n) is 1.71. The van der Waals surface area contributed by atoms with Crippen LogP contribution in [-0.2, 0) is 4.79 Å². The number of rotatable bonds is 6. The Bertz CT molecular complexity index is 136. The van der Waals surface area contributed by atoms with E-state index < -0.39 is 0 Å². The van der Waals surface area contributed by atoms with Crippen molar-refractivity contribution in [3.63, 3.8) is 0 Å². The number of nitrogens with one attached hydrogen (secondary N) is 2. The Kier molecular flexibility index (Phi) is 5.66. The van der Waals surface area contributed by atoms with Gasteiger partial charge in [0.25, 0.3) is 0 Å². The zero-order valence-electron chi connectivity index (χ0n) is 8.05. The fourth-order valence-electron chi connectivity index (χ4n) is 1.02. The van der Waals surface area contributed by atoms with Gasteiger partial charge in [-0.2, -0.15) is 0 Å². The van der Waals surface area contributed by atoms with Gasteiger partial charge < -0.3 is 16.4 Å². The first-order chi connectivity index (χ1) is 5.59. The van der Waals surface area contributed by atoms with Crippen LogP contribution in [0.25, 0.3) is 0 Å². The maximum Gasteiger partial charge on any atom is 0.234 e. The Morgan fingerprint density at radius 2 is 2.00 bits per heavy atom. The second-order valence-corrected chi connectivity index (χ2v) is 3.18. The van der Waals surface area contributed by atoms with Crippen LogP contribution in [0.1, 0.15) is 13.8 Å². The molecular formula is C8H19N3O. The minimum atomic E-state index is -0.277. The molecule has 4 heteroatoms. The van der Waals surface area contributed by atoms with E-state index in [0.29, 0.717) is 0 Å². The van der Waals surface area contributed by atoms with Crippen LogP contribution in [0, 0.1) is 5.92 Å². The van der Waals surface area contributed by atoms with Gasteiger partial charge in [-0.1, -0.05) is 13.8 Å². The molecule has 0 heterocycles. The van der Waals surface area contributed by atoms with Crippen molar-refractivity contribution >= 4 is 5.91 Å². The molecule has 1 amide bonds.